The molecule has 31 heteroatoms. The summed E-state index contributed by atoms with van der Waals surface area (Å²) in [5.74, 6) is 3.26. The zero-order chi connectivity index (χ0) is 80.2. The summed E-state index contributed by atoms with van der Waals surface area (Å²) in [7, 11) is 9.44. The van der Waals surface area contributed by atoms with Gasteiger partial charge in [0, 0.05) is 123 Å². The monoisotopic (exact) mass is 1560 g/mol. The van der Waals surface area contributed by atoms with E-state index in [1.165, 1.54) is 40.2 Å². The molecule has 2 heterocycles. The number of aldehydes is 1. The van der Waals surface area contributed by atoms with Crippen LogP contribution >= 0.6 is 64.8 Å². The Morgan fingerprint density at radius 1 is 0.563 bits per heavy atom. The highest BCUT2D eigenvalue weighted by molar-refractivity contribution is 8.77. The minimum Gasteiger partial charge on any atom is -0.480 e. The van der Waals surface area contributed by atoms with Crippen molar-refractivity contribution in [3.63, 3.8) is 0 Å². The van der Waals surface area contributed by atoms with E-state index in [1.54, 1.807) is 119 Å². The van der Waals surface area contributed by atoms with Crippen LogP contribution in [0.25, 0.3) is 0 Å². The van der Waals surface area contributed by atoms with E-state index in [0.717, 1.165) is 61.3 Å². The number of hydrogen-bond donors (Lipinski definition) is 4. The Kier molecular flexibility index (Phi) is 68.6. The quantitative estimate of drug-likeness (QED) is 0.0119. The number of amides is 2. The third kappa shape index (κ3) is 69.5. The molecule has 1 atom stereocenters. The highest BCUT2D eigenvalue weighted by Gasteiger charge is 2.21. The molecular weight excluding hydrogens is 1430 g/mol. The molecule has 0 bridgehead atoms. The molecule has 576 valence electrons. The van der Waals surface area contributed by atoms with Crippen LogP contribution in [0.5, 0.6) is 0 Å². The first-order valence-corrected chi connectivity index (χ1v) is 40.9. The lowest BCUT2D eigenvalue weighted by atomic mass is 10.1. The van der Waals surface area contributed by atoms with Crippen molar-refractivity contribution < 1.29 is 69.5 Å². The number of hydrogen-bond acceptors (Lipinski definition) is 28. The fourth-order valence-electron chi connectivity index (χ4n) is 6.79. The highest BCUT2D eigenvalue weighted by atomic mass is 33.1. The third-order valence-corrected chi connectivity index (χ3v) is 19.5. The molecule has 2 aromatic heterocycles. The van der Waals surface area contributed by atoms with Gasteiger partial charge in [0.2, 0.25) is 5.91 Å². The Morgan fingerprint density at radius 2 is 1.09 bits per heavy atom. The number of hydrazone groups is 1. The van der Waals surface area contributed by atoms with Gasteiger partial charge in [-0.2, -0.15) is 5.10 Å². The number of aliphatic imine (C=N–C) groups is 6. The lowest BCUT2D eigenvalue weighted by molar-refractivity contribution is -0.141. The summed E-state index contributed by atoms with van der Waals surface area (Å²) in [6.45, 7) is 11.9. The number of carbonyl (C=O) groups excluding carboxylic acids is 11. The molecule has 4 N–H and O–H groups in total. The molecule has 0 fully saturated rings. The van der Waals surface area contributed by atoms with Gasteiger partial charge in [-0.25, -0.2) is 9.78 Å². The van der Waals surface area contributed by atoms with Crippen LogP contribution in [0.4, 0.5) is 5.82 Å². The Labute approximate surface area is 642 Å². The predicted octanol–water partition coefficient (Wildman–Crippen LogP) is 13.5. The second kappa shape index (κ2) is 76.5. The third-order valence-electron chi connectivity index (χ3n) is 12.2. The lowest BCUT2D eigenvalue weighted by Gasteiger charge is -2.13. The molecule has 2 rings (SSSR count). The SMILES string of the molecule is C.[3H]C(=O)C=NCc1ccc(C(=O)NCCC)cn1.[3H]CC/C=N/Nc1ccc(C(=O)CCCSSCCC(=O)CN=CC)cn1.[3H]CCC(=O)CN=CC.[3H]CCCCC(=O)CCCSSCCC(=O)CN=CC.[3H]CCCCC(=O)CN=CC(=O)CCCSSCC(=O)NC(CCC(=O)CN=CC)C(=O)O. The second-order valence-corrected chi connectivity index (χ2v) is 28.8. The van der Waals surface area contributed by atoms with Crippen molar-refractivity contribution in [1.29, 1.82) is 0 Å². The van der Waals surface area contributed by atoms with Crippen LogP contribution in [0.2, 0.25) is 0 Å². The van der Waals surface area contributed by atoms with Gasteiger partial charge in [0.05, 0.1) is 68.7 Å². The van der Waals surface area contributed by atoms with E-state index in [0.29, 0.717) is 139 Å². The molecule has 0 saturated carbocycles. The lowest BCUT2D eigenvalue weighted by Crippen LogP contribution is -2.41. The molecule has 0 aromatic carbocycles. The van der Waals surface area contributed by atoms with Gasteiger partial charge in [-0.15, -0.1) is 0 Å². The maximum absolute atomic E-state index is 12.1. The Balaban J connectivity index is -0.000000653. The average Bonchev–Trinajstić information content (AvgIpc) is 0.897. The number of carboxylic acids is 1. The van der Waals surface area contributed by atoms with E-state index in [2.05, 4.69) is 61.1 Å². The summed E-state index contributed by atoms with van der Waals surface area (Å²) < 4.78 is 34.4. The number of ketones is 8. The van der Waals surface area contributed by atoms with Crippen LogP contribution in [0, 0.1) is 0 Å². The van der Waals surface area contributed by atoms with E-state index in [-0.39, 0.29) is 118 Å². The van der Waals surface area contributed by atoms with Crippen molar-refractivity contribution in [2.75, 3.05) is 79.2 Å². The fourth-order valence-corrected chi connectivity index (χ4v) is 13.0. The van der Waals surface area contributed by atoms with E-state index >= 15 is 0 Å². The normalized spacial score (nSPS) is 11.8. The number of anilines is 1. The van der Waals surface area contributed by atoms with E-state index in [4.69, 9.17) is 6.85 Å². The number of Topliss-reactive ketones (excluding diaryl/α,β-unsaturated/α-hetero) is 8. The number of aliphatic carboxylic acids is 1. The zero-order valence-electron chi connectivity index (χ0n) is 64.9. The van der Waals surface area contributed by atoms with Crippen molar-refractivity contribution in [2.24, 2.45) is 35.1 Å². The standard InChI is InChI=1S/C21H33N3O6S2.C18H26N4O2S2.C14H25NO2S2.C12H15N3O2.C6H11NO.CH4/c1-3-5-7-16(25)13-23-14-17(26)8-6-11-31-32-15-20(28)24-19(21(29)30)10-9-18(27)12-22-4-2;1-3-10-21-22-18-8-7-15(13-20-18)17(24)6-5-11-25-26-12-9-16(23)14-19-4-2;1-3-5-7-13(16)8-6-10-18-19-11-9-14(17)12-15-4-2;1-2-5-14-12(17)10-3-4-11(15-8-10)9-13-6-7-16;1-3-6(8)5-7-4-2;/h4,14,19H,3,5-13,15H2,1-2H3,(H,24,28)(H,29,30);4,7-8,10,13H,3,5-6,9,11-12,14H2,1-2H3,(H,20,22);4H,3,5-12H2,1-2H3;3-4,6-8H,2,5,9H2,1H3,(H,14,17);4H,3,5H2,1-2H3;1H4/b;19-4?,21-10+;;;;/i3*1T;7T;1T;. The second-order valence-electron chi connectivity index (χ2n) is 20.9. The van der Waals surface area contributed by atoms with E-state index in [1.807, 2.05) is 13.8 Å². The van der Waals surface area contributed by atoms with Crippen molar-refractivity contribution in [3.8, 4) is 0 Å². The van der Waals surface area contributed by atoms with Gasteiger partial charge in [0.25, 0.3) is 5.91 Å². The van der Waals surface area contributed by atoms with Crippen LogP contribution in [0.15, 0.2) is 71.7 Å². The molecule has 0 spiro atoms. The number of pyridine rings is 2. The zero-order valence-corrected chi connectivity index (χ0v) is 64.8. The Morgan fingerprint density at radius 3 is 1.62 bits per heavy atom. The van der Waals surface area contributed by atoms with Gasteiger partial charge in [0.1, 0.15) is 19.0 Å². The molecule has 25 nitrogen and oxygen atoms in total. The highest BCUT2D eigenvalue weighted by Crippen LogP contribution is 2.25. The van der Waals surface area contributed by atoms with Gasteiger partial charge < -0.3 is 15.7 Å². The van der Waals surface area contributed by atoms with Gasteiger partial charge in [-0.05, 0) is 128 Å². The minimum atomic E-state index is -1.19. The number of carbonyl (C=O) groups is 12. The largest absolute Gasteiger partial charge is 0.480 e. The molecular formula is C72H114N12O13S6. The number of rotatable bonds is 56. The maximum atomic E-state index is 12.1. The van der Waals surface area contributed by atoms with Gasteiger partial charge in [0.15, 0.2) is 46.7 Å². The van der Waals surface area contributed by atoms with Crippen LogP contribution in [-0.4, -0.2) is 209 Å². The summed E-state index contributed by atoms with van der Waals surface area (Å²) in [5.41, 5.74) is 4.49. The fraction of sp³-hybridized carbons (Fsp3) is 0.597. The first kappa shape index (κ1) is 92.4. The molecule has 2 amide bonds. The number of unbranched alkanes of at least 4 members (excludes halogenated alkanes) is 2. The molecule has 0 aliphatic carbocycles. The van der Waals surface area contributed by atoms with E-state index in [9.17, 15) is 62.6 Å². The van der Waals surface area contributed by atoms with Crippen molar-refractivity contribution in [1.82, 2.24) is 20.6 Å². The van der Waals surface area contributed by atoms with Gasteiger partial charge in [-0.1, -0.05) is 120 Å². The predicted molar refractivity (Wildman–Crippen MR) is 437 cm³/mol. The summed E-state index contributed by atoms with van der Waals surface area (Å²) in [6.07, 6.45) is 23.0. The average molecular weight is 1560 g/mol. The smallest absolute Gasteiger partial charge is 0.326 e. The maximum Gasteiger partial charge on any atom is 0.326 e. The van der Waals surface area contributed by atoms with E-state index < -0.39 is 24.2 Å². The summed E-state index contributed by atoms with van der Waals surface area (Å²) in [6, 6.07) is 5.66. The topological polar surface area (TPSA) is 373 Å². The van der Waals surface area contributed by atoms with Crippen LogP contribution < -0.4 is 16.1 Å². The molecule has 0 aliphatic rings. The van der Waals surface area contributed by atoms with Gasteiger partial charge >= 0.3 is 5.97 Å². The first-order chi connectivity index (χ1) is 51.6. The van der Waals surface area contributed by atoms with Crippen molar-refractivity contribution in [2.45, 2.75) is 204 Å². The summed E-state index contributed by atoms with van der Waals surface area (Å²) >= 11 is 0. The van der Waals surface area contributed by atoms with Crippen LogP contribution in [-0.2, 0) is 54.5 Å². The molecule has 2 aromatic rings. The summed E-state index contributed by atoms with van der Waals surface area (Å²) in [5, 5.41) is 18.3. The number of aromatic nitrogens is 2. The Bertz CT molecular complexity index is 3050. The van der Waals surface area contributed by atoms with Crippen molar-refractivity contribution >= 4 is 184 Å². The molecule has 103 heavy (non-hydrogen) atoms. The molecule has 0 aliphatic heterocycles. The van der Waals surface area contributed by atoms with Gasteiger partial charge in [-0.3, -0.25) is 93.1 Å². The first-order valence-electron chi connectivity index (χ1n) is 36.8. The molecule has 0 saturated heterocycles. The van der Waals surface area contributed by atoms with Crippen molar-refractivity contribution in [3.05, 3.63) is 53.5 Å². The number of nitrogens with zero attached hydrogens (tertiary/aromatic N) is 9. The van der Waals surface area contributed by atoms with Crippen LogP contribution in [0.1, 0.15) is 225 Å². The number of nitrogens with one attached hydrogen (secondary N) is 3. The molecule has 1 unspecified atom stereocenters. The Hall–Kier alpha value is -6.67. The number of carboxylic acid groups (broad SMARTS) is 1. The minimum absolute atomic E-state index is 0. The van der Waals surface area contributed by atoms with Crippen LogP contribution in [0.3, 0.4) is 0 Å². The molecule has 0 radical (unpaired) electrons. The summed E-state index contributed by atoms with van der Waals surface area (Å²) in [4.78, 5) is 168.